The summed E-state index contributed by atoms with van der Waals surface area (Å²) in [5.41, 5.74) is 0.995. The summed E-state index contributed by atoms with van der Waals surface area (Å²) < 4.78 is 47.5. The van der Waals surface area contributed by atoms with E-state index in [9.17, 15) is 12.8 Å². The quantitative estimate of drug-likeness (QED) is 0.553. The zero-order valence-corrected chi connectivity index (χ0v) is 14.8. The molecule has 0 bridgehead atoms. The van der Waals surface area contributed by atoms with E-state index in [0.29, 0.717) is 22.9 Å². The van der Waals surface area contributed by atoms with Crippen LogP contribution in [-0.2, 0) is 16.6 Å². The number of nitrogens with one attached hydrogen (secondary N) is 1. The first-order valence-electron chi connectivity index (χ1n) is 7.83. The van der Waals surface area contributed by atoms with Gasteiger partial charge in [-0.05, 0) is 31.2 Å². The van der Waals surface area contributed by atoms with Gasteiger partial charge in [-0.2, -0.15) is 4.98 Å². The molecule has 0 spiro atoms. The highest BCUT2D eigenvalue weighted by molar-refractivity contribution is 7.89. The highest BCUT2D eigenvalue weighted by Crippen LogP contribution is 2.22. The van der Waals surface area contributed by atoms with Gasteiger partial charge in [0.2, 0.25) is 10.0 Å². The molecule has 0 radical (unpaired) electrons. The molecule has 9 nitrogen and oxygen atoms in total. The Balaban J connectivity index is 1.65. The fraction of sp³-hybridized carbons (Fsp3) is 0.125. The van der Waals surface area contributed by atoms with E-state index in [2.05, 4.69) is 25.1 Å². The van der Waals surface area contributed by atoms with Crippen LogP contribution in [0, 0.1) is 12.7 Å². The monoisotopic (exact) mass is 388 g/mol. The van der Waals surface area contributed by atoms with E-state index < -0.39 is 20.7 Å². The third-order valence-corrected chi connectivity index (χ3v) is 5.24. The maximum atomic E-state index is 13.8. The van der Waals surface area contributed by atoms with Crippen LogP contribution in [0.1, 0.15) is 11.6 Å². The topological polar surface area (TPSA) is 115 Å². The fourth-order valence-electron chi connectivity index (χ4n) is 2.56. The molecular formula is C16H13FN6O3S. The number of nitrogens with zero attached hydrogens (tertiary/aromatic N) is 5. The maximum Gasteiger partial charge on any atom is 0.261 e. The molecule has 0 unspecified atom stereocenters. The highest BCUT2D eigenvalue weighted by atomic mass is 32.2. The number of pyridine rings is 1. The lowest BCUT2D eigenvalue weighted by Crippen LogP contribution is -2.25. The van der Waals surface area contributed by atoms with E-state index >= 15 is 0 Å². The zero-order valence-electron chi connectivity index (χ0n) is 14.0. The second-order valence-electron chi connectivity index (χ2n) is 5.63. The van der Waals surface area contributed by atoms with Crippen molar-refractivity contribution in [3.8, 4) is 11.5 Å². The molecule has 0 atom stereocenters. The lowest BCUT2D eigenvalue weighted by atomic mass is 10.2. The van der Waals surface area contributed by atoms with Crippen molar-refractivity contribution in [3.63, 3.8) is 0 Å². The molecule has 1 aromatic carbocycles. The van der Waals surface area contributed by atoms with Gasteiger partial charge in [0, 0.05) is 6.20 Å². The zero-order chi connectivity index (χ0) is 19.0. The van der Waals surface area contributed by atoms with Crippen LogP contribution in [0.15, 0.2) is 52.0 Å². The summed E-state index contributed by atoms with van der Waals surface area (Å²) >= 11 is 0. The number of aryl methyl sites for hydroxylation is 1. The molecule has 0 saturated carbocycles. The molecule has 0 aliphatic rings. The van der Waals surface area contributed by atoms with Crippen LogP contribution in [0.2, 0.25) is 0 Å². The molecule has 0 saturated heterocycles. The van der Waals surface area contributed by atoms with Crippen LogP contribution in [0.4, 0.5) is 4.39 Å². The number of sulfonamides is 1. The lowest BCUT2D eigenvalue weighted by Gasteiger charge is -2.07. The van der Waals surface area contributed by atoms with Gasteiger partial charge < -0.3 is 4.52 Å². The second-order valence-corrected chi connectivity index (χ2v) is 7.37. The Labute approximate surface area is 152 Å². The van der Waals surface area contributed by atoms with Gasteiger partial charge in [-0.3, -0.25) is 4.40 Å². The molecule has 1 N–H and O–H groups in total. The fourth-order valence-corrected chi connectivity index (χ4v) is 3.61. The van der Waals surface area contributed by atoms with Gasteiger partial charge in [-0.25, -0.2) is 17.5 Å². The Morgan fingerprint density at radius 1 is 1.19 bits per heavy atom. The molecule has 0 fully saturated rings. The van der Waals surface area contributed by atoms with Crippen LogP contribution >= 0.6 is 0 Å². The Kier molecular flexibility index (Phi) is 4.16. The number of hydrogen-bond donors (Lipinski definition) is 1. The maximum absolute atomic E-state index is 13.8. The van der Waals surface area contributed by atoms with Gasteiger partial charge in [0.25, 0.3) is 5.89 Å². The average molecular weight is 388 g/mol. The van der Waals surface area contributed by atoms with E-state index in [-0.39, 0.29) is 12.4 Å². The molecule has 3 aromatic heterocycles. The minimum Gasteiger partial charge on any atom is -0.334 e. The van der Waals surface area contributed by atoms with Gasteiger partial charge in [0.05, 0.1) is 12.1 Å². The van der Waals surface area contributed by atoms with Crippen molar-refractivity contribution in [2.45, 2.75) is 18.4 Å². The van der Waals surface area contributed by atoms with Crippen LogP contribution in [-0.4, -0.2) is 33.2 Å². The van der Waals surface area contributed by atoms with Crippen molar-refractivity contribution < 1.29 is 17.3 Å². The number of fused-ring (bicyclic) bond motifs is 1. The molecule has 3 heterocycles. The predicted octanol–water partition coefficient (Wildman–Crippen LogP) is 1.71. The lowest BCUT2D eigenvalue weighted by molar-refractivity contribution is 0.426. The van der Waals surface area contributed by atoms with E-state index in [0.717, 1.165) is 6.07 Å². The Morgan fingerprint density at radius 3 is 2.74 bits per heavy atom. The Bertz CT molecular complexity index is 1230. The van der Waals surface area contributed by atoms with E-state index in [1.165, 1.54) is 18.2 Å². The summed E-state index contributed by atoms with van der Waals surface area (Å²) in [5, 5.41) is 11.8. The number of hydrogen-bond acceptors (Lipinski definition) is 7. The van der Waals surface area contributed by atoms with Gasteiger partial charge in [-0.1, -0.05) is 17.3 Å². The van der Waals surface area contributed by atoms with Crippen molar-refractivity contribution in [2.75, 3.05) is 0 Å². The molecule has 4 rings (SSSR count). The normalized spacial score (nSPS) is 11.9. The van der Waals surface area contributed by atoms with Gasteiger partial charge in [-0.15, -0.1) is 10.2 Å². The molecule has 4 aromatic rings. The minimum atomic E-state index is -4.04. The molecule has 0 aliphatic carbocycles. The predicted molar refractivity (Wildman–Crippen MR) is 91.4 cm³/mol. The summed E-state index contributed by atoms with van der Waals surface area (Å²) in [4.78, 5) is 3.73. The number of rotatable bonds is 5. The molecule has 138 valence electrons. The van der Waals surface area contributed by atoms with Gasteiger partial charge >= 0.3 is 0 Å². The third-order valence-electron chi connectivity index (χ3n) is 3.81. The first kappa shape index (κ1) is 17.2. The summed E-state index contributed by atoms with van der Waals surface area (Å²) in [6, 6.07) is 8.60. The summed E-state index contributed by atoms with van der Waals surface area (Å²) in [6.07, 6.45) is 1.68. The molecule has 11 heteroatoms. The first-order chi connectivity index (χ1) is 13.0. The van der Waals surface area contributed by atoms with Crippen LogP contribution < -0.4 is 4.72 Å². The van der Waals surface area contributed by atoms with Crippen LogP contribution in [0.5, 0.6) is 0 Å². The standard InChI is InChI=1S/C16H13FN6O3S/c1-10-19-16(26-22-10)11-5-4-8-23-14(20-21-15(11)23)9-18-27(24,25)13-7-3-2-6-12(13)17/h2-8,18H,9H2,1H3. The highest BCUT2D eigenvalue weighted by Gasteiger charge is 2.20. The number of benzene rings is 1. The number of halogens is 1. The average Bonchev–Trinajstić information content (AvgIpc) is 3.26. The molecular weight excluding hydrogens is 375 g/mol. The van der Waals surface area contributed by atoms with Crippen molar-refractivity contribution in [2.24, 2.45) is 0 Å². The van der Waals surface area contributed by atoms with Crippen molar-refractivity contribution in [1.29, 1.82) is 0 Å². The van der Waals surface area contributed by atoms with Crippen LogP contribution in [0.25, 0.3) is 17.1 Å². The SMILES string of the molecule is Cc1noc(-c2cccn3c(CNS(=O)(=O)c4ccccc4F)nnc23)n1. The van der Waals surface area contributed by atoms with E-state index in [1.807, 2.05) is 0 Å². The summed E-state index contributed by atoms with van der Waals surface area (Å²) in [5.74, 6) is 0.251. The van der Waals surface area contributed by atoms with Gasteiger partial charge in [0.15, 0.2) is 17.3 Å². The van der Waals surface area contributed by atoms with Crippen molar-refractivity contribution >= 4 is 15.7 Å². The van der Waals surface area contributed by atoms with Crippen molar-refractivity contribution in [1.82, 2.24) is 29.5 Å². The molecule has 0 aliphatic heterocycles. The first-order valence-corrected chi connectivity index (χ1v) is 9.31. The van der Waals surface area contributed by atoms with Crippen LogP contribution in [0.3, 0.4) is 0 Å². The third kappa shape index (κ3) is 3.17. The Hall–Kier alpha value is -3.18. The molecule has 27 heavy (non-hydrogen) atoms. The smallest absolute Gasteiger partial charge is 0.261 e. The van der Waals surface area contributed by atoms with E-state index in [4.69, 9.17) is 4.52 Å². The summed E-state index contributed by atoms with van der Waals surface area (Å²) in [7, 11) is -4.04. The minimum absolute atomic E-state index is 0.176. The largest absolute Gasteiger partial charge is 0.334 e. The van der Waals surface area contributed by atoms with Gasteiger partial charge in [0.1, 0.15) is 10.7 Å². The Morgan fingerprint density at radius 2 is 2.00 bits per heavy atom. The van der Waals surface area contributed by atoms with Crippen molar-refractivity contribution in [3.05, 3.63) is 60.1 Å². The van der Waals surface area contributed by atoms with E-state index in [1.54, 1.807) is 29.7 Å². The second kappa shape index (κ2) is 6.52. The molecule has 0 amide bonds. The summed E-state index contributed by atoms with van der Waals surface area (Å²) in [6.45, 7) is 1.52. The number of aromatic nitrogens is 5.